The summed E-state index contributed by atoms with van der Waals surface area (Å²) in [6.45, 7) is 3.60. The lowest BCUT2D eigenvalue weighted by atomic mass is 10.2. The Morgan fingerprint density at radius 3 is 3.00 bits per heavy atom. The number of hydrogen-bond acceptors (Lipinski definition) is 3. The fraction of sp³-hybridized carbons (Fsp3) is 0.700. The van der Waals surface area contributed by atoms with Gasteiger partial charge < -0.3 is 15.0 Å². The van der Waals surface area contributed by atoms with Crippen molar-refractivity contribution in [1.82, 2.24) is 14.9 Å². The van der Waals surface area contributed by atoms with Crippen LogP contribution >= 0.6 is 0 Å². The average molecular weight is 197 g/mol. The third-order valence-electron chi connectivity index (χ3n) is 2.25. The van der Waals surface area contributed by atoms with E-state index in [1.165, 1.54) is 0 Å². The molecule has 0 amide bonds. The smallest absolute Gasteiger partial charge is 0.108 e. The molecule has 1 aromatic heterocycles. The molecule has 2 N–H and O–H groups in total. The Bertz CT molecular complexity index is 260. The minimum atomic E-state index is -0.272. The molecule has 14 heavy (non-hydrogen) atoms. The molecule has 1 aromatic rings. The number of imidazole rings is 1. The van der Waals surface area contributed by atoms with Gasteiger partial charge in [-0.05, 0) is 13.0 Å². The van der Waals surface area contributed by atoms with Crippen molar-refractivity contribution in [2.24, 2.45) is 7.05 Å². The van der Waals surface area contributed by atoms with E-state index < -0.39 is 0 Å². The molecule has 0 aliphatic rings. The van der Waals surface area contributed by atoms with Crippen LogP contribution in [0.15, 0.2) is 12.4 Å². The Labute approximate surface area is 85.0 Å². The summed E-state index contributed by atoms with van der Waals surface area (Å²) in [5.74, 6) is 1.03. The maximum atomic E-state index is 9.57. The molecule has 4 heteroatoms. The Morgan fingerprint density at radius 2 is 2.43 bits per heavy atom. The maximum Gasteiger partial charge on any atom is 0.108 e. The van der Waals surface area contributed by atoms with Gasteiger partial charge >= 0.3 is 0 Å². The van der Waals surface area contributed by atoms with E-state index in [-0.39, 0.29) is 6.10 Å². The summed E-state index contributed by atoms with van der Waals surface area (Å²) in [6.07, 6.45) is 5.03. The van der Waals surface area contributed by atoms with Gasteiger partial charge in [-0.15, -0.1) is 0 Å². The molecule has 1 atom stereocenters. The summed E-state index contributed by atoms with van der Waals surface area (Å²) in [4.78, 5) is 4.20. The summed E-state index contributed by atoms with van der Waals surface area (Å²) < 4.78 is 1.99. The second-order valence-electron chi connectivity index (χ2n) is 3.45. The molecule has 0 radical (unpaired) electrons. The van der Waals surface area contributed by atoms with E-state index in [9.17, 15) is 5.11 Å². The molecule has 1 rings (SSSR count). The first-order valence-corrected chi connectivity index (χ1v) is 5.09. The van der Waals surface area contributed by atoms with Gasteiger partial charge in [0.15, 0.2) is 0 Å². The molecule has 1 heterocycles. The highest BCUT2D eigenvalue weighted by Crippen LogP contribution is 2.01. The second kappa shape index (κ2) is 5.78. The Kier molecular flexibility index (Phi) is 4.62. The van der Waals surface area contributed by atoms with Crippen LogP contribution in [0, 0.1) is 0 Å². The summed E-state index contributed by atoms with van der Waals surface area (Å²) >= 11 is 0. The van der Waals surface area contributed by atoms with E-state index in [4.69, 9.17) is 0 Å². The predicted molar refractivity (Wildman–Crippen MR) is 56.1 cm³/mol. The predicted octanol–water partition coefficient (Wildman–Crippen LogP) is 0.323. The van der Waals surface area contributed by atoms with E-state index >= 15 is 0 Å². The van der Waals surface area contributed by atoms with Crippen LogP contribution in [0.2, 0.25) is 0 Å². The SMILES string of the molecule is CCNCC(O)CCc1nccn1C. The summed E-state index contributed by atoms with van der Waals surface area (Å²) in [7, 11) is 1.97. The highest BCUT2D eigenvalue weighted by molar-refractivity contribution is 4.91. The summed E-state index contributed by atoms with van der Waals surface area (Å²) in [6, 6.07) is 0. The lowest BCUT2D eigenvalue weighted by molar-refractivity contribution is 0.162. The number of hydrogen-bond donors (Lipinski definition) is 2. The van der Waals surface area contributed by atoms with Gasteiger partial charge in [0.2, 0.25) is 0 Å². The first-order valence-electron chi connectivity index (χ1n) is 5.09. The molecule has 0 spiro atoms. The van der Waals surface area contributed by atoms with Crippen LogP contribution in [0.25, 0.3) is 0 Å². The van der Waals surface area contributed by atoms with E-state index in [0.717, 1.165) is 25.2 Å². The molecule has 0 fully saturated rings. The lowest BCUT2D eigenvalue weighted by Crippen LogP contribution is -2.27. The third-order valence-corrected chi connectivity index (χ3v) is 2.25. The zero-order valence-corrected chi connectivity index (χ0v) is 8.90. The van der Waals surface area contributed by atoms with Crippen molar-refractivity contribution in [3.8, 4) is 0 Å². The van der Waals surface area contributed by atoms with Gasteiger partial charge in [-0.3, -0.25) is 0 Å². The quantitative estimate of drug-likeness (QED) is 0.690. The number of aromatic nitrogens is 2. The zero-order valence-electron chi connectivity index (χ0n) is 8.90. The Hall–Kier alpha value is -0.870. The first kappa shape index (κ1) is 11.2. The van der Waals surface area contributed by atoms with Gasteiger partial charge in [-0.25, -0.2) is 4.98 Å². The van der Waals surface area contributed by atoms with E-state index in [1.54, 1.807) is 6.20 Å². The minimum absolute atomic E-state index is 0.272. The summed E-state index contributed by atoms with van der Waals surface area (Å²) in [5.41, 5.74) is 0. The number of rotatable bonds is 6. The van der Waals surface area contributed by atoms with Crippen molar-refractivity contribution in [3.05, 3.63) is 18.2 Å². The van der Waals surface area contributed by atoms with E-state index in [1.807, 2.05) is 24.7 Å². The van der Waals surface area contributed by atoms with Crippen LogP contribution in [-0.4, -0.2) is 33.9 Å². The topological polar surface area (TPSA) is 50.1 Å². The van der Waals surface area contributed by atoms with Crippen LogP contribution in [0.3, 0.4) is 0 Å². The number of aliphatic hydroxyl groups is 1. The molecule has 4 nitrogen and oxygen atoms in total. The Balaban J connectivity index is 2.23. The van der Waals surface area contributed by atoms with Gasteiger partial charge in [-0.2, -0.15) is 0 Å². The van der Waals surface area contributed by atoms with Crippen LogP contribution in [0.1, 0.15) is 19.2 Å². The minimum Gasteiger partial charge on any atom is -0.392 e. The summed E-state index contributed by atoms with van der Waals surface area (Å²) in [5, 5.41) is 12.7. The highest BCUT2D eigenvalue weighted by atomic mass is 16.3. The maximum absolute atomic E-state index is 9.57. The van der Waals surface area contributed by atoms with Gasteiger partial charge in [0.1, 0.15) is 5.82 Å². The molecule has 0 saturated carbocycles. The zero-order chi connectivity index (χ0) is 10.4. The lowest BCUT2D eigenvalue weighted by Gasteiger charge is -2.10. The monoisotopic (exact) mass is 197 g/mol. The third kappa shape index (κ3) is 3.47. The Morgan fingerprint density at radius 1 is 1.64 bits per heavy atom. The first-order chi connectivity index (χ1) is 6.74. The molecule has 0 aliphatic heterocycles. The van der Waals surface area contributed by atoms with Crippen LogP contribution in [-0.2, 0) is 13.5 Å². The largest absolute Gasteiger partial charge is 0.392 e. The van der Waals surface area contributed by atoms with Crippen molar-refractivity contribution >= 4 is 0 Å². The molecular weight excluding hydrogens is 178 g/mol. The van der Waals surface area contributed by atoms with Gasteiger partial charge in [0.25, 0.3) is 0 Å². The number of aryl methyl sites for hydroxylation is 2. The van der Waals surface area contributed by atoms with Crippen molar-refractivity contribution in [3.63, 3.8) is 0 Å². The highest BCUT2D eigenvalue weighted by Gasteiger charge is 2.05. The number of likely N-dealkylation sites (N-methyl/N-ethyl adjacent to an activating group) is 1. The van der Waals surface area contributed by atoms with Gasteiger partial charge in [0.05, 0.1) is 6.10 Å². The molecule has 0 saturated heterocycles. The molecule has 80 valence electrons. The van der Waals surface area contributed by atoms with Crippen molar-refractivity contribution in [2.45, 2.75) is 25.9 Å². The fourth-order valence-electron chi connectivity index (χ4n) is 1.35. The van der Waals surface area contributed by atoms with Crippen molar-refractivity contribution in [2.75, 3.05) is 13.1 Å². The molecule has 0 aliphatic carbocycles. The average Bonchev–Trinajstić information content (AvgIpc) is 2.58. The van der Waals surface area contributed by atoms with E-state index in [2.05, 4.69) is 10.3 Å². The number of nitrogens with one attached hydrogen (secondary N) is 1. The molecule has 1 unspecified atom stereocenters. The van der Waals surface area contributed by atoms with Gasteiger partial charge in [-0.1, -0.05) is 6.92 Å². The van der Waals surface area contributed by atoms with Crippen LogP contribution < -0.4 is 5.32 Å². The van der Waals surface area contributed by atoms with Crippen molar-refractivity contribution in [1.29, 1.82) is 0 Å². The molecular formula is C10H19N3O. The molecule has 0 aromatic carbocycles. The standard InChI is InChI=1S/C10H19N3O/c1-3-11-8-9(14)4-5-10-12-6-7-13(10)2/h6-7,9,11,14H,3-5,8H2,1-2H3. The fourth-order valence-corrected chi connectivity index (χ4v) is 1.35. The number of nitrogens with zero attached hydrogens (tertiary/aromatic N) is 2. The molecule has 0 bridgehead atoms. The van der Waals surface area contributed by atoms with Gasteiger partial charge in [0, 0.05) is 32.4 Å². The van der Waals surface area contributed by atoms with Crippen molar-refractivity contribution < 1.29 is 5.11 Å². The van der Waals surface area contributed by atoms with Crippen LogP contribution in [0.4, 0.5) is 0 Å². The second-order valence-corrected chi connectivity index (χ2v) is 3.45. The van der Waals surface area contributed by atoms with E-state index in [0.29, 0.717) is 6.54 Å². The normalized spacial score (nSPS) is 13.1. The van der Waals surface area contributed by atoms with Crippen LogP contribution in [0.5, 0.6) is 0 Å². The number of aliphatic hydroxyl groups excluding tert-OH is 1.